The first kappa shape index (κ1) is 19.9. The summed E-state index contributed by atoms with van der Waals surface area (Å²) >= 11 is 1.58. The van der Waals surface area contributed by atoms with E-state index in [2.05, 4.69) is 31.3 Å². The molecule has 1 amide bonds. The molecule has 0 saturated carbocycles. The highest BCUT2D eigenvalue weighted by atomic mass is 32.2. The van der Waals surface area contributed by atoms with Gasteiger partial charge in [-0.15, -0.1) is 11.8 Å². The van der Waals surface area contributed by atoms with E-state index in [1.807, 2.05) is 6.07 Å². The lowest BCUT2D eigenvalue weighted by atomic mass is 10.1. The Morgan fingerprint density at radius 1 is 1.14 bits per heavy atom. The molecule has 1 heterocycles. The molecule has 0 spiro atoms. The smallest absolute Gasteiger partial charge is 0.307 e. The number of thioether (sulfide) groups is 1. The van der Waals surface area contributed by atoms with Gasteiger partial charge in [-0.1, -0.05) is 6.07 Å². The molecule has 0 aliphatic carbocycles. The second-order valence-corrected chi connectivity index (χ2v) is 7.64. The number of carbonyl (C=O) groups excluding carboxylic acids is 3. The molecular weight excluding hydrogens is 378 g/mol. The fourth-order valence-electron chi connectivity index (χ4n) is 2.61. The van der Waals surface area contributed by atoms with Crippen LogP contribution in [0.2, 0.25) is 0 Å². The number of rotatable bonds is 7. The van der Waals surface area contributed by atoms with Crippen LogP contribution in [0.15, 0.2) is 41.3 Å². The molecular formula is C21H21NO5S. The molecule has 0 fully saturated rings. The van der Waals surface area contributed by atoms with Crippen molar-refractivity contribution >= 4 is 35.1 Å². The van der Waals surface area contributed by atoms with Crippen molar-refractivity contribution in [1.82, 2.24) is 0 Å². The number of nitrogens with one attached hydrogen (secondary N) is 1. The molecule has 7 heteroatoms. The van der Waals surface area contributed by atoms with Crippen LogP contribution in [0.1, 0.15) is 27.9 Å². The van der Waals surface area contributed by atoms with Gasteiger partial charge in [0.15, 0.2) is 19.0 Å². The van der Waals surface area contributed by atoms with Crippen molar-refractivity contribution in [2.24, 2.45) is 0 Å². The molecule has 0 unspecified atom stereocenters. The maximum absolute atomic E-state index is 12.2. The van der Waals surface area contributed by atoms with Gasteiger partial charge in [0.05, 0.1) is 12.1 Å². The number of hydrogen-bond acceptors (Lipinski definition) is 6. The van der Waals surface area contributed by atoms with Crippen LogP contribution in [0, 0.1) is 13.8 Å². The van der Waals surface area contributed by atoms with E-state index in [4.69, 9.17) is 9.47 Å². The van der Waals surface area contributed by atoms with Crippen molar-refractivity contribution in [2.75, 3.05) is 24.3 Å². The quantitative estimate of drug-likeness (QED) is 0.436. The average Bonchev–Trinajstić information content (AvgIpc) is 2.68. The number of esters is 1. The minimum absolute atomic E-state index is 0.0436. The number of aryl methyl sites for hydroxylation is 2. The summed E-state index contributed by atoms with van der Waals surface area (Å²) in [5.41, 5.74) is 3.24. The second-order valence-electron chi connectivity index (χ2n) is 6.48. The van der Waals surface area contributed by atoms with Crippen LogP contribution < -0.4 is 10.1 Å². The topological polar surface area (TPSA) is 81.7 Å². The summed E-state index contributed by atoms with van der Waals surface area (Å²) in [6.45, 7) is 3.73. The molecule has 0 atom stereocenters. The van der Waals surface area contributed by atoms with Crippen LogP contribution in [-0.4, -0.2) is 36.6 Å². The number of hydrogen-bond donors (Lipinski definition) is 1. The predicted molar refractivity (Wildman–Crippen MR) is 107 cm³/mol. The highest BCUT2D eigenvalue weighted by Crippen LogP contribution is 2.28. The third kappa shape index (κ3) is 5.13. The van der Waals surface area contributed by atoms with Crippen molar-refractivity contribution in [3.63, 3.8) is 0 Å². The first-order valence-electron chi connectivity index (χ1n) is 8.88. The Morgan fingerprint density at radius 3 is 2.75 bits per heavy atom. The molecule has 1 aliphatic heterocycles. The zero-order valence-electron chi connectivity index (χ0n) is 15.7. The largest absolute Gasteiger partial charge is 0.482 e. The van der Waals surface area contributed by atoms with Crippen LogP contribution in [0.25, 0.3) is 0 Å². The molecule has 2 aromatic carbocycles. The lowest BCUT2D eigenvalue weighted by Crippen LogP contribution is -2.25. The molecule has 146 valence electrons. The SMILES string of the molecule is Cc1ccc(SCCC(=O)OCC(=O)c2ccc3c(c2)NC(=O)CO3)cc1C. The molecule has 0 radical (unpaired) electrons. The minimum Gasteiger partial charge on any atom is -0.482 e. The van der Waals surface area contributed by atoms with Crippen molar-refractivity contribution in [2.45, 2.75) is 25.2 Å². The average molecular weight is 399 g/mol. The number of fused-ring (bicyclic) bond motifs is 1. The molecule has 1 N–H and O–H groups in total. The summed E-state index contributed by atoms with van der Waals surface area (Å²) in [5, 5.41) is 2.64. The standard InChI is InChI=1S/C21H21NO5S/c1-13-3-5-16(9-14(13)2)28-8-7-21(25)27-11-18(23)15-4-6-19-17(10-15)22-20(24)12-26-19/h3-6,9-10H,7-8,11-12H2,1-2H3,(H,22,24). The number of ketones is 1. The van der Waals surface area contributed by atoms with Gasteiger partial charge >= 0.3 is 5.97 Å². The van der Waals surface area contributed by atoms with Gasteiger partial charge in [-0.3, -0.25) is 14.4 Å². The van der Waals surface area contributed by atoms with E-state index in [1.54, 1.807) is 23.9 Å². The molecule has 2 aromatic rings. The Kier molecular flexibility index (Phi) is 6.36. The number of Topliss-reactive ketones (excluding diaryl/α,β-unsaturated/α-hetero) is 1. The summed E-state index contributed by atoms with van der Waals surface area (Å²) < 4.78 is 10.3. The second kappa shape index (κ2) is 8.93. The highest BCUT2D eigenvalue weighted by Gasteiger charge is 2.18. The van der Waals surface area contributed by atoms with Crippen molar-refractivity contribution < 1.29 is 23.9 Å². The van der Waals surface area contributed by atoms with Gasteiger partial charge in [-0.2, -0.15) is 0 Å². The summed E-state index contributed by atoms with van der Waals surface area (Å²) in [6, 6.07) is 10.9. The number of amides is 1. The Hall–Kier alpha value is -2.80. The fourth-order valence-corrected chi connectivity index (χ4v) is 3.54. The summed E-state index contributed by atoms with van der Waals surface area (Å²) in [5.74, 6) is 0.0657. The summed E-state index contributed by atoms with van der Waals surface area (Å²) in [6.07, 6.45) is 0.221. The van der Waals surface area contributed by atoms with E-state index in [9.17, 15) is 14.4 Å². The van der Waals surface area contributed by atoms with Crippen molar-refractivity contribution in [3.05, 3.63) is 53.1 Å². The number of ether oxygens (including phenoxy) is 2. The van der Waals surface area contributed by atoms with E-state index in [0.29, 0.717) is 22.8 Å². The van der Waals surface area contributed by atoms with Crippen LogP contribution >= 0.6 is 11.8 Å². The fraction of sp³-hybridized carbons (Fsp3) is 0.286. The molecule has 0 aromatic heterocycles. The van der Waals surface area contributed by atoms with Gasteiger partial charge in [0, 0.05) is 16.2 Å². The number of benzene rings is 2. The maximum Gasteiger partial charge on any atom is 0.307 e. The Morgan fingerprint density at radius 2 is 1.96 bits per heavy atom. The molecule has 6 nitrogen and oxygen atoms in total. The van der Waals surface area contributed by atoms with Crippen LogP contribution in [-0.2, 0) is 14.3 Å². The molecule has 0 bridgehead atoms. The van der Waals surface area contributed by atoms with Gasteiger partial charge < -0.3 is 14.8 Å². The van der Waals surface area contributed by atoms with E-state index < -0.39 is 5.97 Å². The first-order valence-corrected chi connectivity index (χ1v) is 9.86. The van der Waals surface area contributed by atoms with E-state index in [0.717, 1.165) is 4.90 Å². The predicted octanol–water partition coefficient (Wildman–Crippen LogP) is 3.54. The van der Waals surface area contributed by atoms with Gasteiger partial charge in [-0.05, 0) is 55.3 Å². The zero-order chi connectivity index (χ0) is 20.1. The maximum atomic E-state index is 12.2. The normalized spacial score (nSPS) is 12.6. The van der Waals surface area contributed by atoms with Gasteiger partial charge in [0.1, 0.15) is 5.75 Å². The summed E-state index contributed by atoms with van der Waals surface area (Å²) in [7, 11) is 0. The van der Waals surface area contributed by atoms with Crippen LogP contribution in [0.3, 0.4) is 0 Å². The van der Waals surface area contributed by atoms with Crippen LogP contribution in [0.4, 0.5) is 5.69 Å². The van der Waals surface area contributed by atoms with Crippen LogP contribution in [0.5, 0.6) is 5.75 Å². The summed E-state index contributed by atoms with van der Waals surface area (Å²) in [4.78, 5) is 36.6. The third-order valence-corrected chi connectivity index (χ3v) is 5.35. The molecule has 1 aliphatic rings. The number of carbonyl (C=O) groups is 3. The van der Waals surface area contributed by atoms with E-state index in [1.165, 1.54) is 17.2 Å². The lowest BCUT2D eigenvalue weighted by Gasteiger charge is -2.18. The van der Waals surface area contributed by atoms with Gasteiger partial charge in [0.2, 0.25) is 0 Å². The number of anilines is 1. The highest BCUT2D eigenvalue weighted by molar-refractivity contribution is 7.99. The minimum atomic E-state index is -0.417. The van der Waals surface area contributed by atoms with E-state index >= 15 is 0 Å². The Labute approximate surface area is 167 Å². The molecule has 28 heavy (non-hydrogen) atoms. The zero-order valence-corrected chi connectivity index (χ0v) is 16.6. The van der Waals surface area contributed by atoms with E-state index in [-0.39, 0.29) is 31.3 Å². The molecule has 3 rings (SSSR count). The Bertz CT molecular complexity index is 925. The van der Waals surface area contributed by atoms with Gasteiger partial charge in [-0.25, -0.2) is 0 Å². The lowest BCUT2D eigenvalue weighted by molar-refractivity contribution is -0.142. The first-order chi connectivity index (χ1) is 13.4. The monoisotopic (exact) mass is 399 g/mol. The Balaban J connectivity index is 1.45. The molecule has 0 saturated heterocycles. The van der Waals surface area contributed by atoms with Crippen molar-refractivity contribution in [1.29, 1.82) is 0 Å². The third-order valence-electron chi connectivity index (χ3n) is 4.35. The van der Waals surface area contributed by atoms with Gasteiger partial charge in [0.25, 0.3) is 5.91 Å². The van der Waals surface area contributed by atoms with Crippen molar-refractivity contribution in [3.8, 4) is 5.75 Å².